The molecule has 2 amide bonds. The SMILES string of the molecule is O=C(CN1CSCC1=O)NO[C@H]1CCCCO1. The van der Waals surface area contributed by atoms with E-state index in [0.717, 1.165) is 19.3 Å². The first-order valence-electron chi connectivity index (χ1n) is 5.67. The molecule has 96 valence electrons. The van der Waals surface area contributed by atoms with Crippen molar-refractivity contribution in [3.8, 4) is 0 Å². The van der Waals surface area contributed by atoms with Crippen LogP contribution < -0.4 is 5.48 Å². The van der Waals surface area contributed by atoms with Gasteiger partial charge in [0, 0.05) is 13.0 Å². The average Bonchev–Trinajstić information content (AvgIpc) is 2.74. The number of nitrogens with zero attached hydrogens (tertiary/aromatic N) is 1. The molecule has 2 aliphatic heterocycles. The van der Waals surface area contributed by atoms with E-state index in [4.69, 9.17) is 9.57 Å². The normalized spacial score (nSPS) is 25.1. The van der Waals surface area contributed by atoms with Crippen molar-refractivity contribution >= 4 is 23.6 Å². The number of hydrogen-bond donors (Lipinski definition) is 1. The molecule has 0 aromatic heterocycles. The fraction of sp³-hybridized carbons (Fsp3) is 0.800. The maximum absolute atomic E-state index is 11.5. The topological polar surface area (TPSA) is 67.9 Å². The first-order chi connectivity index (χ1) is 8.25. The minimum absolute atomic E-state index is 0.000864. The fourth-order valence-electron chi connectivity index (χ4n) is 1.68. The number of carbonyl (C=O) groups is 2. The molecule has 2 saturated heterocycles. The third kappa shape index (κ3) is 3.86. The maximum Gasteiger partial charge on any atom is 0.263 e. The smallest absolute Gasteiger partial charge is 0.263 e. The van der Waals surface area contributed by atoms with Crippen molar-refractivity contribution in [1.82, 2.24) is 10.4 Å². The van der Waals surface area contributed by atoms with E-state index in [1.165, 1.54) is 16.7 Å². The van der Waals surface area contributed by atoms with Crippen LogP contribution in [0, 0.1) is 0 Å². The molecule has 0 saturated carbocycles. The standard InChI is InChI=1S/C10H16N2O4S/c13-8(5-12-7-17-6-9(12)14)11-16-10-3-1-2-4-15-10/h10H,1-7H2,(H,11,13)/t10-/m0/s1. The summed E-state index contributed by atoms with van der Waals surface area (Å²) in [5.41, 5.74) is 2.33. The molecular formula is C10H16N2O4S. The minimum Gasteiger partial charge on any atom is -0.350 e. The van der Waals surface area contributed by atoms with Crippen LogP contribution in [0.1, 0.15) is 19.3 Å². The van der Waals surface area contributed by atoms with Crippen LogP contribution in [0.3, 0.4) is 0 Å². The molecule has 0 aromatic rings. The van der Waals surface area contributed by atoms with Crippen molar-refractivity contribution in [3.05, 3.63) is 0 Å². The summed E-state index contributed by atoms with van der Waals surface area (Å²) in [5.74, 6) is 0.723. The molecule has 2 rings (SSSR count). The molecule has 6 nitrogen and oxygen atoms in total. The molecule has 0 aliphatic carbocycles. The highest BCUT2D eigenvalue weighted by Crippen LogP contribution is 2.14. The minimum atomic E-state index is -0.351. The summed E-state index contributed by atoms with van der Waals surface area (Å²) in [6.07, 6.45) is 2.52. The zero-order chi connectivity index (χ0) is 12.1. The van der Waals surface area contributed by atoms with Crippen LogP contribution in [-0.2, 0) is 19.2 Å². The van der Waals surface area contributed by atoms with Crippen LogP contribution in [0.5, 0.6) is 0 Å². The molecule has 17 heavy (non-hydrogen) atoms. The predicted molar refractivity (Wildman–Crippen MR) is 61.9 cm³/mol. The van der Waals surface area contributed by atoms with Gasteiger partial charge in [0.25, 0.3) is 5.91 Å². The molecule has 2 fully saturated rings. The lowest BCUT2D eigenvalue weighted by molar-refractivity contribution is -0.200. The van der Waals surface area contributed by atoms with Crippen LogP contribution in [0.2, 0.25) is 0 Å². The van der Waals surface area contributed by atoms with E-state index < -0.39 is 0 Å². The van der Waals surface area contributed by atoms with Crippen molar-refractivity contribution in [2.45, 2.75) is 25.6 Å². The van der Waals surface area contributed by atoms with Crippen molar-refractivity contribution in [2.75, 3.05) is 24.8 Å². The highest BCUT2D eigenvalue weighted by molar-refractivity contribution is 8.00. The molecule has 0 unspecified atom stereocenters. The zero-order valence-corrected chi connectivity index (χ0v) is 10.3. The molecule has 7 heteroatoms. The average molecular weight is 260 g/mol. The van der Waals surface area contributed by atoms with E-state index in [0.29, 0.717) is 18.2 Å². The summed E-state index contributed by atoms with van der Waals surface area (Å²) >= 11 is 1.51. The van der Waals surface area contributed by atoms with E-state index in [1.54, 1.807) is 0 Å². The number of carbonyl (C=O) groups excluding carboxylic acids is 2. The summed E-state index contributed by atoms with van der Waals surface area (Å²) in [4.78, 5) is 29.4. The Morgan fingerprint density at radius 3 is 3.12 bits per heavy atom. The van der Waals surface area contributed by atoms with E-state index in [9.17, 15) is 9.59 Å². The maximum atomic E-state index is 11.5. The third-order valence-corrected chi connectivity index (χ3v) is 3.55. The second kappa shape index (κ2) is 6.23. The Balaban J connectivity index is 1.64. The summed E-state index contributed by atoms with van der Waals surface area (Å²) in [7, 11) is 0. The molecule has 1 atom stereocenters. The lowest BCUT2D eigenvalue weighted by atomic mass is 10.2. The summed E-state index contributed by atoms with van der Waals surface area (Å²) in [6.45, 7) is 0.723. The van der Waals surface area contributed by atoms with Crippen LogP contribution in [0.15, 0.2) is 0 Å². The van der Waals surface area contributed by atoms with E-state index >= 15 is 0 Å². The van der Waals surface area contributed by atoms with Gasteiger partial charge in [-0.2, -0.15) is 0 Å². The van der Waals surface area contributed by atoms with Gasteiger partial charge in [0.05, 0.1) is 11.6 Å². The van der Waals surface area contributed by atoms with Crippen molar-refractivity contribution < 1.29 is 19.2 Å². The van der Waals surface area contributed by atoms with Gasteiger partial charge in [-0.1, -0.05) is 0 Å². The van der Waals surface area contributed by atoms with Gasteiger partial charge in [0.2, 0.25) is 5.91 Å². The number of hydroxylamine groups is 1. The molecule has 0 spiro atoms. The van der Waals surface area contributed by atoms with Gasteiger partial charge in [-0.05, 0) is 12.8 Å². The molecule has 0 radical (unpaired) electrons. The largest absolute Gasteiger partial charge is 0.350 e. The Morgan fingerprint density at radius 2 is 2.47 bits per heavy atom. The third-order valence-electron chi connectivity index (χ3n) is 2.60. The number of amides is 2. The Morgan fingerprint density at radius 1 is 1.59 bits per heavy atom. The van der Waals surface area contributed by atoms with Gasteiger partial charge in [-0.25, -0.2) is 10.3 Å². The number of nitrogens with one attached hydrogen (secondary N) is 1. The molecule has 2 aliphatic rings. The highest BCUT2D eigenvalue weighted by atomic mass is 32.2. The van der Waals surface area contributed by atoms with Crippen molar-refractivity contribution in [1.29, 1.82) is 0 Å². The van der Waals surface area contributed by atoms with E-state index in [-0.39, 0.29) is 24.6 Å². The fourth-order valence-corrected chi connectivity index (χ4v) is 2.59. The van der Waals surface area contributed by atoms with Crippen LogP contribution in [-0.4, -0.2) is 47.8 Å². The number of ether oxygens (including phenoxy) is 1. The Kier molecular flexibility index (Phi) is 4.64. The first kappa shape index (κ1) is 12.7. The van der Waals surface area contributed by atoms with Crippen molar-refractivity contribution in [2.24, 2.45) is 0 Å². The highest BCUT2D eigenvalue weighted by Gasteiger charge is 2.23. The summed E-state index contributed by atoms with van der Waals surface area (Å²) in [6, 6.07) is 0. The first-order valence-corrected chi connectivity index (χ1v) is 6.83. The van der Waals surface area contributed by atoms with Crippen LogP contribution >= 0.6 is 11.8 Å². The van der Waals surface area contributed by atoms with Crippen LogP contribution in [0.25, 0.3) is 0 Å². The zero-order valence-electron chi connectivity index (χ0n) is 9.52. The number of hydrogen-bond acceptors (Lipinski definition) is 5. The molecular weight excluding hydrogens is 244 g/mol. The molecule has 2 heterocycles. The predicted octanol–water partition coefficient (Wildman–Crippen LogP) is 0.0937. The Labute approximate surface area is 104 Å². The quantitative estimate of drug-likeness (QED) is 0.726. The second-order valence-corrected chi connectivity index (χ2v) is 4.96. The van der Waals surface area contributed by atoms with Gasteiger partial charge in [-0.15, -0.1) is 11.8 Å². The van der Waals surface area contributed by atoms with Gasteiger partial charge in [-0.3, -0.25) is 9.59 Å². The van der Waals surface area contributed by atoms with Crippen LogP contribution in [0.4, 0.5) is 0 Å². The number of rotatable bonds is 4. The molecule has 0 bridgehead atoms. The van der Waals surface area contributed by atoms with E-state index in [2.05, 4.69) is 5.48 Å². The molecule has 0 aromatic carbocycles. The van der Waals surface area contributed by atoms with Gasteiger partial charge < -0.3 is 9.64 Å². The lowest BCUT2D eigenvalue weighted by Gasteiger charge is -2.22. The second-order valence-electron chi connectivity index (χ2n) is 4.01. The lowest BCUT2D eigenvalue weighted by Crippen LogP contribution is -2.40. The van der Waals surface area contributed by atoms with Gasteiger partial charge in [0.1, 0.15) is 6.54 Å². The van der Waals surface area contributed by atoms with Gasteiger partial charge >= 0.3 is 0 Å². The van der Waals surface area contributed by atoms with Gasteiger partial charge in [0.15, 0.2) is 6.29 Å². The Bertz CT molecular complexity index is 294. The Hall–Kier alpha value is -0.790. The summed E-state index contributed by atoms with van der Waals surface area (Å²) in [5, 5.41) is 0. The number of thioether (sulfide) groups is 1. The molecule has 1 N–H and O–H groups in total. The van der Waals surface area contributed by atoms with E-state index in [1.807, 2.05) is 0 Å². The summed E-state index contributed by atoms with van der Waals surface area (Å²) < 4.78 is 5.30. The van der Waals surface area contributed by atoms with Crippen molar-refractivity contribution in [3.63, 3.8) is 0 Å². The monoisotopic (exact) mass is 260 g/mol.